The smallest absolute Gasteiger partial charge is 0.0866 e. The van der Waals surface area contributed by atoms with Crippen molar-refractivity contribution < 1.29 is 0 Å². The number of nitrogens with zero attached hydrogens (tertiary/aromatic N) is 5. The first-order chi connectivity index (χ1) is 9.15. The maximum absolute atomic E-state index is 8.69. The minimum absolute atomic E-state index is 0.528. The second kappa shape index (κ2) is 6.38. The molecule has 1 fully saturated rings. The van der Waals surface area contributed by atoms with Gasteiger partial charge in [0, 0.05) is 39.8 Å². The number of nitriles is 1. The Hall–Kier alpha value is -1.09. The first-order valence-electron chi connectivity index (χ1n) is 6.67. The van der Waals surface area contributed by atoms with Gasteiger partial charge in [-0.1, -0.05) is 18.5 Å². The summed E-state index contributed by atoms with van der Waals surface area (Å²) in [5.74, 6) is 0. The fourth-order valence-corrected chi connectivity index (χ4v) is 2.76. The average molecular weight is 282 g/mol. The van der Waals surface area contributed by atoms with Crippen molar-refractivity contribution in [3.63, 3.8) is 0 Å². The van der Waals surface area contributed by atoms with Gasteiger partial charge < -0.3 is 0 Å². The summed E-state index contributed by atoms with van der Waals surface area (Å²) in [5, 5.41) is 13.9. The Morgan fingerprint density at radius 3 is 2.42 bits per heavy atom. The molecule has 6 heteroatoms. The molecule has 0 saturated carbocycles. The highest BCUT2D eigenvalue weighted by Gasteiger charge is 2.20. The third kappa shape index (κ3) is 3.27. The maximum Gasteiger partial charge on any atom is 0.0866 e. The van der Waals surface area contributed by atoms with Crippen molar-refractivity contribution in [2.75, 3.05) is 32.7 Å². The molecule has 0 bridgehead atoms. The van der Waals surface area contributed by atoms with Crippen LogP contribution in [0.4, 0.5) is 0 Å². The van der Waals surface area contributed by atoms with Gasteiger partial charge in [0.1, 0.15) is 0 Å². The van der Waals surface area contributed by atoms with Gasteiger partial charge in [0.05, 0.1) is 29.0 Å². The van der Waals surface area contributed by atoms with Crippen molar-refractivity contribution in [1.29, 1.82) is 5.26 Å². The van der Waals surface area contributed by atoms with E-state index in [9.17, 15) is 0 Å². The number of aromatic nitrogens is 2. The Labute approximate surface area is 119 Å². The molecule has 0 radical (unpaired) electrons. The Morgan fingerprint density at radius 2 is 1.89 bits per heavy atom. The van der Waals surface area contributed by atoms with E-state index in [1.165, 1.54) is 0 Å². The van der Waals surface area contributed by atoms with Gasteiger partial charge in [0.15, 0.2) is 0 Å². The van der Waals surface area contributed by atoms with Gasteiger partial charge in [0.25, 0.3) is 0 Å². The van der Waals surface area contributed by atoms with Gasteiger partial charge in [-0.25, -0.2) is 0 Å². The summed E-state index contributed by atoms with van der Waals surface area (Å²) in [6.45, 7) is 7.28. The summed E-state index contributed by atoms with van der Waals surface area (Å²) < 4.78 is 1.89. The molecular weight excluding hydrogens is 262 g/mol. The lowest BCUT2D eigenvalue weighted by atomic mass is 10.2. The van der Waals surface area contributed by atoms with Crippen LogP contribution in [0.15, 0.2) is 0 Å². The highest BCUT2D eigenvalue weighted by Crippen LogP contribution is 2.22. The van der Waals surface area contributed by atoms with Crippen molar-refractivity contribution in [2.45, 2.75) is 19.9 Å². The standard InChI is InChI=1S/C13H20ClN5/c1-3-11-13(14)12(17(2)16-11)10-19-8-6-18(5-4-15)7-9-19/h3,5-10H2,1-2H3. The van der Waals surface area contributed by atoms with Crippen LogP contribution in [-0.4, -0.2) is 52.3 Å². The molecule has 1 saturated heterocycles. The number of aryl methyl sites for hydroxylation is 2. The predicted molar refractivity (Wildman–Crippen MR) is 74.9 cm³/mol. The molecule has 0 spiro atoms. The van der Waals surface area contributed by atoms with Crippen LogP contribution in [0.1, 0.15) is 18.3 Å². The van der Waals surface area contributed by atoms with Gasteiger partial charge >= 0.3 is 0 Å². The van der Waals surface area contributed by atoms with Crippen molar-refractivity contribution in [1.82, 2.24) is 19.6 Å². The Kier molecular flexibility index (Phi) is 4.81. The third-order valence-corrected chi connectivity index (χ3v) is 4.07. The van der Waals surface area contributed by atoms with E-state index in [4.69, 9.17) is 16.9 Å². The molecule has 5 nitrogen and oxygen atoms in total. The van der Waals surface area contributed by atoms with Crippen LogP contribution in [0.2, 0.25) is 5.02 Å². The Bertz CT molecular complexity index is 468. The number of piperazine rings is 1. The Balaban J connectivity index is 1.96. The topological polar surface area (TPSA) is 48.1 Å². The zero-order valence-electron chi connectivity index (χ0n) is 11.6. The van der Waals surface area contributed by atoms with Crippen LogP contribution in [0.3, 0.4) is 0 Å². The summed E-state index contributed by atoms with van der Waals surface area (Å²) in [6.07, 6.45) is 0.864. The summed E-state index contributed by atoms with van der Waals surface area (Å²) in [7, 11) is 1.95. The molecule has 1 aliphatic rings. The molecule has 0 aliphatic carbocycles. The molecule has 2 rings (SSSR count). The number of hydrogen-bond acceptors (Lipinski definition) is 4. The predicted octanol–water partition coefficient (Wildman–Crippen LogP) is 1.28. The zero-order valence-corrected chi connectivity index (χ0v) is 12.3. The molecule has 0 N–H and O–H groups in total. The van der Waals surface area contributed by atoms with Gasteiger partial charge in [0.2, 0.25) is 0 Å². The van der Waals surface area contributed by atoms with Crippen LogP contribution in [0.25, 0.3) is 0 Å². The SMILES string of the molecule is CCc1nn(C)c(CN2CCN(CC#N)CC2)c1Cl. The lowest BCUT2D eigenvalue weighted by Crippen LogP contribution is -2.46. The monoisotopic (exact) mass is 281 g/mol. The summed E-state index contributed by atoms with van der Waals surface area (Å²) >= 11 is 6.36. The molecule has 1 aromatic heterocycles. The number of rotatable bonds is 4. The van der Waals surface area contributed by atoms with E-state index in [1.54, 1.807) is 0 Å². The Morgan fingerprint density at radius 1 is 1.26 bits per heavy atom. The molecule has 0 aromatic carbocycles. The molecular formula is C13H20ClN5. The van der Waals surface area contributed by atoms with E-state index >= 15 is 0 Å². The molecule has 1 aliphatic heterocycles. The lowest BCUT2D eigenvalue weighted by molar-refractivity contribution is 0.136. The van der Waals surface area contributed by atoms with Gasteiger partial charge in [-0.3, -0.25) is 14.5 Å². The summed E-state index contributed by atoms with van der Waals surface area (Å²) in [4.78, 5) is 4.55. The summed E-state index contributed by atoms with van der Waals surface area (Å²) in [6, 6.07) is 2.20. The second-order valence-corrected chi connectivity index (χ2v) is 5.27. The fraction of sp³-hybridized carbons (Fsp3) is 0.692. The van der Waals surface area contributed by atoms with Crippen LogP contribution in [0, 0.1) is 11.3 Å². The number of halogens is 1. The minimum Gasteiger partial charge on any atom is -0.295 e. The van der Waals surface area contributed by atoms with Crippen LogP contribution >= 0.6 is 11.6 Å². The molecule has 0 atom stereocenters. The highest BCUT2D eigenvalue weighted by molar-refractivity contribution is 6.31. The van der Waals surface area contributed by atoms with Crippen LogP contribution in [-0.2, 0) is 20.0 Å². The van der Waals surface area contributed by atoms with E-state index < -0.39 is 0 Å². The van der Waals surface area contributed by atoms with E-state index in [-0.39, 0.29) is 0 Å². The maximum atomic E-state index is 8.69. The largest absolute Gasteiger partial charge is 0.295 e. The van der Waals surface area contributed by atoms with Gasteiger partial charge in [-0.2, -0.15) is 10.4 Å². The van der Waals surface area contributed by atoms with Gasteiger partial charge in [-0.15, -0.1) is 0 Å². The fourth-order valence-electron chi connectivity index (χ4n) is 2.41. The summed E-state index contributed by atoms with van der Waals surface area (Å²) in [5.41, 5.74) is 2.06. The van der Waals surface area contributed by atoms with Crippen LogP contribution in [0.5, 0.6) is 0 Å². The zero-order chi connectivity index (χ0) is 13.8. The van der Waals surface area contributed by atoms with Gasteiger partial charge in [-0.05, 0) is 6.42 Å². The van der Waals surface area contributed by atoms with Crippen LogP contribution < -0.4 is 0 Å². The molecule has 104 valence electrons. The van der Waals surface area contributed by atoms with E-state index in [0.717, 1.165) is 55.6 Å². The second-order valence-electron chi connectivity index (χ2n) is 4.89. The first-order valence-corrected chi connectivity index (χ1v) is 7.05. The third-order valence-electron chi connectivity index (χ3n) is 3.64. The van der Waals surface area contributed by atoms with E-state index in [2.05, 4.69) is 27.9 Å². The minimum atomic E-state index is 0.528. The highest BCUT2D eigenvalue weighted by atomic mass is 35.5. The molecule has 19 heavy (non-hydrogen) atoms. The quantitative estimate of drug-likeness (QED) is 0.780. The molecule has 0 unspecified atom stereocenters. The van der Waals surface area contributed by atoms with Crippen molar-refractivity contribution >= 4 is 11.6 Å². The molecule has 2 heterocycles. The number of hydrogen-bond donors (Lipinski definition) is 0. The average Bonchev–Trinajstić information content (AvgIpc) is 2.68. The van der Waals surface area contributed by atoms with E-state index in [1.807, 2.05) is 11.7 Å². The van der Waals surface area contributed by atoms with Crippen molar-refractivity contribution in [2.24, 2.45) is 7.05 Å². The van der Waals surface area contributed by atoms with E-state index in [0.29, 0.717) is 6.54 Å². The normalized spacial score (nSPS) is 17.6. The first kappa shape index (κ1) is 14.3. The lowest BCUT2D eigenvalue weighted by Gasteiger charge is -2.33. The van der Waals surface area contributed by atoms with Crippen molar-refractivity contribution in [3.05, 3.63) is 16.4 Å². The molecule has 1 aromatic rings. The molecule has 0 amide bonds. The van der Waals surface area contributed by atoms with Crippen molar-refractivity contribution in [3.8, 4) is 6.07 Å².